The van der Waals surface area contributed by atoms with Gasteiger partial charge in [-0.1, -0.05) is 18.2 Å². The summed E-state index contributed by atoms with van der Waals surface area (Å²) in [6, 6.07) is 13.1. The highest BCUT2D eigenvalue weighted by Crippen LogP contribution is 2.24. The van der Waals surface area contributed by atoms with Gasteiger partial charge in [0.2, 0.25) is 0 Å². The van der Waals surface area contributed by atoms with Crippen LogP contribution < -0.4 is 19.7 Å². The van der Waals surface area contributed by atoms with Crippen molar-refractivity contribution in [3.63, 3.8) is 0 Å². The Morgan fingerprint density at radius 3 is 1.97 bits per heavy atom. The predicted octanol–water partition coefficient (Wildman–Crippen LogP) is 3.24. The highest BCUT2D eigenvalue weighted by molar-refractivity contribution is 6.37. The van der Waals surface area contributed by atoms with Gasteiger partial charge in [0.1, 0.15) is 17.1 Å². The van der Waals surface area contributed by atoms with Crippen LogP contribution in [0.5, 0.6) is 11.5 Å². The minimum atomic E-state index is -0.776. The molecule has 0 saturated carbocycles. The van der Waals surface area contributed by atoms with Crippen molar-refractivity contribution in [1.29, 1.82) is 0 Å². The molecule has 7 nitrogen and oxygen atoms in total. The van der Waals surface area contributed by atoms with Crippen LogP contribution in [-0.4, -0.2) is 31.1 Å². The molecule has 1 aliphatic rings. The Kier molecular flexibility index (Phi) is 6.29. The normalized spacial score (nSPS) is 15.4. The molecule has 0 unspecified atom stereocenters. The van der Waals surface area contributed by atoms with Crippen LogP contribution in [0, 0.1) is 0 Å². The van der Waals surface area contributed by atoms with Crippen molar-refractivity contribution in [1.82, 2.24) is 5.32 Å². The molecular formula is C22H22N2O5. The van der Waals surface area contributed by atoms with Gasteiger partial charge in [-0.3, -0.25) is 14.9 Å². The summed E-state index contributed by atoms with van der Waals surface area (Å²) >= 11 is 0. The van der Waals surface area contributed by atoms with Crippen molar-refractivity contribution in [2.75, 3.05) is 18.1 Å². The van der Waals surface area contributed by atoms with Crippen LogP contribution in [0.25, 0.3) is 0 Å². The van der Waals surface area contributed by atoms with Crippen molar-refractivity contribution in [2.24, 2.45) is 0 Å². The molecule has 1 saturated heterocycles. The zero-order valence-electron chi connectivity index (χ0n) is 16.3. The molecule has 3 rings (SSSR count). The number of barbiturate groups is 1. The average molecular weight is 394 g/mol. The van der Waals surface area contributed by atoms with Crippen molar-refractivity contribution >= 4 is 23.5 Å². The summed E-state index contributed by atoms with van der Waals surface area (Å²) in [5.41, 5.74) is 1.19. The van der Waals surface area contributed by atoms with Gasteiger partial charge in [0.05, 0.1) is 18.9 Å². The van der Waals surface area contributed by atoms with E-state index >= 15 is 0 Å². The van der Waals surface area contributed by atoms with Crippen LogP contribution in [0.3, 0.4) is 0 Å². The van der Waals surface area contributed by atoms with E-state index in [9.17, 15) is 14.4 Å². The molecule has 0 spiro atoms. The van der Waals surface area contributed by atoms with Crippen molar-refractivity contribution in [3.8, 4) is 11.5 Å². The molecule has 0 bridgehead atoms. The molecule has 0 radical (unpaired) electrons. The maximum Gasteiger partial charge on any atom is 0.335 e. The lowest BCUT2D eigenvalue weighted by atomic mass is 10.1. The number of urea groups is 1. The monoisotopic (exact) mass is 394 g/mol. The van der Waals surface area contributed by atoms with E-state index in [-0.39, 0.29) is 5.57 Å². The number of carbonyl (C=O) groups is 3. The second-order valence-electron chi connectivity index (χ2n) is 6.23. The first-order valence-corrected chi connectivity index (χ1v) is 9.38. The second kappa shape index (κ2) is 9.05. The first-order chi connectivity index (χ1) is 14.0. The number of anilines is 1. The minimum Gasteiger partial charge on any atom is -0.494 e. The number of ether oxygens (including phenoxy) is 2. The molecule has 2 aromatic rings. The quantitative estimate of drug-likeness (QED) is 0.576. The van der Waals surface area contributed by atoms with Crippen molar-refractivity contribution < 1.29 is 23.9 Å². The molecule has 0 atom stereocenters. The smallest absolute Gasteiger partial charge is 0.335 e. The van der Waals surface area contributed by atoms with Crippen LogP contribution in [0.4, 0.5) is 10.5 Å². The number of amides is 4. The van der Waals surface area contributed by atoms with Crippen LogP contribution in [0.15, 0.2) is 60.2 Å². The van der Waals surface area contributed by atoms with Gasteiger partial charge in [-0.15, -0.1) is 0 Å². The zero-order valence-corrected chi connectivity index (χ0v) is 16.3. The first-order valence-electron chi connectivity index (χ1n) is 9.38. The lowest BCUT2D eigenvalue weighted by Gasteiger charge is -2.26. The molecule has 0 aliphatic carbocycles. The Hall–Kier alpha value is -3.61. The molecule has 150 valence electrons. The topological polar surface area (TPSA) is 84.9 Å². The van der Waals surface area contributed by atoms with E-state index in [1.54, 1.807) is 24.3 Å². The van der Waals surface area contributed by atoms with E-state index in [0.29, 0.717) is 31.1 Å². The van der Waals surface area contributed by atoms with Gasteiger partial charge >= 0.3 is 6.03 Å². The van der Waals surface area contributed by atoms with Gasteiger partial charge in [-0.2, -0.15) is 0 Å². The average Bonchev–Trinajstić information content (AvgIpc) is 2.70. The number of hydrogen-bond donors (Lipinski definition) is 1. The van der Waals surface area contributed by atoms with Gasteiger partial charge in [-0.25, -0.2) is 9.69 Å². The molecule has 29 heavy (non-hydrogen) atoms. The molecule has 1 N–H and O–H groups in total. The summed E-state index contributed by atoms with van der Waals surface area (Å²) in [6.07, 6.45) is 1.90. The fraction of sp³-hybridized carbons (Fsp3) is 0.227. The highest BCUT2D eigenvalue weighted by atomic mass is 16.5. The number of nitrogens with one attached hydrogen (secondary N) is 1. The van der Waals surface area contributed by atoms with E-state index in [1.165, 1.54) is 6.08 Å². The van der Waals surface area contributed by atoms with E-state index in [2.05, 4.69) is 5.32 Å². The fourth-order valence-corrected chi connectivity index (χ4v) is 2.91. The fourth-order valence-electron chi connectivity index (χ4n) is 2.91. The number of imide groups is 2. The van der Waals surface area contributed by atoms with Crippen LogP contribution >= 0.6 is 0 Å². The molecule has 1 aliphatic heterocycles. The van der Waals surface area contributed by atoms with E-state index in [0.717, 1.165) is 16.2 Å². The van der Waals surface area contributed by atoms with Crippen LogP contribution in [0.1, 0.15) is 19.4 Å². The molecule has 1 heterocycles. The van der Waals surface area contributed by atoms with Crippen molar-refractivity contribution in [2.45, 2.75) is 20.3 Å². The van der Waals surface area contributed by atoms with Gasteiger partial charge in [0, 0.05) is 0 Å². The highest BCUT2D eigenvalue weighted by Gasteiger charge is 2.36. The molecule has 0 aromatic heterocycles. The largest absolute Gasteiger partial charge is 0.494 e. The number of benzene rings is 2. The summed E-state index contributed by atoms with van der Waals surface area (Å²) in [5, 5.41) is 2.22. The number of hydrogen-bond acceptors (Lipinski definition) is 5. The van der Waals surface area contributed by atoms with Gasteiger partial charge < -0.3 is 9.47 Å². The lowest BCUT2D eigenvalue weighted by Crippen LogP contribution is -2.54. The lowest BCUT2D eigenvalue weighted by molar-refractivity contribution is -0.122. The number of allylic oxidation sites excluding steroid dienone is 1. The predicted molar refractivity (Wildman–Crippen MR) is 108 cm³/mol. The Morgan fingerprint density at radius 2 is 1.41 bits per heavy atom. The summed E-state index contributed by atoms with van der Waals surface area (Å²) in [4.78, 5) is 38.2. The number of rotatable bonds is 7. The summed E-state index contributed by atoms with van der Waals surface area (Å²) in [5.74, 6) is 0.0214. The molecule has 7 heteroatoms. The number of carbonyl (C=O) groups excluding carboxylic acids is 3. The van der Waals surface area contributed by atoms with Crippen LogP contribution in [-0.2, 0) is 16.0 Å². The van der Waals surface area contributed by atoms with E-state index < -0.39 is 17.8 Å². The SMILES string of the molecule is CCOc1ccc(C/C=C2/C(=O)NC(=O)N(c3ccc(OCC)cc3)C2=O)cc1. The Labute approximate surface area is 168 Å². The first kappa shape index (κ1) is 20.1. The summed E-state index contributed by atoms with van der Waals surface area (Å²) in [6.45, 7) is 4.86. The van der Waals surface area contributed by atoms with Gasteiger partial charge in [0.25, 0.3) is 11.8 Å². The summed E-state index contributed by atoms with van der Waals surface area (Å²) in [7, 11) is 0. The molecule has 2 aromatic carbocycles. The Morgan fingerprint density at radius 1 is 0.862 bits per heavy atom. The van der Waals surface area contributed by atoms with Gasteiger partial charge in [0.15, 0.2) is 0 Å². The van der Waals surface area contributed by atoms with Crippen molar-refractivity contribution in [3.05, 3.63) is 65.7 Å². The third-order valence-corrected chi connectivity index (χ3v) is 4.28. The zero-order chi connectivity index (χ0) is 20.8. The van der Waals surface area contributed by atoms with Crippen LogP contribution in [0.2, 0.25) is 0 Å². The number of nitrogens with zero attached hydrogens (tertiary/aromatic N) is 1. The maximum atomic E-state index is 12.8. The maximum absolute atomic E-state index is 12.8. The minimum absolute atomic E-state index is 0.0765. The second-order valence-corrected chi connectivity index (χ2v) is 6.23. The molecular weight excluding hydrogens is 372 g/mol. The Balaban J connectivity index is 1.79. The van der Waals surface area contributed by atoms with E-state index in [4.69, 9.17) is 9.47 Å². The summed E-state index contributed by atoms with van der Waals surface area (Å²) < 4.78 is 10.8. The third-order valence-electron chi connectivity index (χ3n) is 4.28. The van der Waals surface area contributed by atoms with Gasteiger partial charge in [-0.05, 0) is 62.2 Å². The molecule has 1 fully saturated rings. The third kappa shape index (κ3) is 4.63. The standard InChI is InChI=1S/C22H22N2O5/c1-3-28-17-10-5-15(6-11-17)7-14-19-20(25)23-22(27)24(21(19)26)16-8-12-18(13-9-16)29-4-2/h5-6,8-14H,3-4,7H2,1-2H3,(H,23,25,27)/b19-14-. The van der Waals surface area contributed by atoms with E-state index in [1.807, 2.05) is 38.1 Å². The molecule has 4 amide bonds. The Bertz CT molecular complexity index is 933.